The Kier molecular flexibility index (Phi) is 13.1. The molecular formula is C22H38N8O6. The SMILES string of the molecule is CCC(C)C(NC(=O)C(CCCCN)NC(=O)C(Cc1cnc[nH]1)NC(=O)C(N)CC(N)=O)C(=O)O. The Labute approximate surface area is 209 Å². The monoisotopic (exact) mass is 510 g/mol. The van der Waals surface area contributed by atoms with Gasteiger partial charge in [0.2, 0.25) is 23.6 Å². The van der Waals surface area contributed by atoms with Gasteiger partial charge in [-0.3, -0.25) is 19.2 Å². The van der Waals surface area contributed by atoms with E-state index < -0.39 is 60.2 Å². The van der Waals surface area contributed by atoms with E-state index in [1.165, 1.54) is 12.5 Å². The number of hydrogen-bond donors (Lipinski definition) is 8. The summed E-state index contributed by atoms with van der Waals surface area (Å²) < 4.78 is 0. The number of aliphatic carboxylic acids is 1. The van der Waals surface area contributed by atoms with Crippen molar-refractivity contribution in [2.24, 2.45) is 23.1 Å². The highest BCUT2D eigenvalue weighted by molar-refractivity contribution is 5.95. The van der Waals surface area contributed by atoms with Crippen molar-refractivity contribution in [2.75, 3.05) is 6.54 Å². The molecule has 36 heavy (non-hydrogen) atoms. The molecule has 4 amide bonds. The smallest absolute Gasteiger partial charge is 0.326 e. The molecule has 1 aromatic rings. The number of imidazole rings is 1. The van der Waals surface area contributed by atoms with E-state index in [1.54, 1.807) is 13.8 Å². The maximum Gasteiger partial charge on any atom is 0.326 e. The number of carbonyl (C=O) groups is 5. The summed E-state index contributed by atoms with van der Waals surface area (Å²) >= 11 is 0. The molecule has 5 unspecified atom stereocenters. The van der Waals surface area contributed by atoms with Crippen LogP contribution in [0.5, 0.6) is 0 Å². The second-order valence-corrected chi connectivity index (χ2v) is 8.67. The van der Waals surface area contributed by atoms with Gasteiger partial charge in [-0.25, -0.2) is 9.78 Å². The number of rotatable bonds is 17. The normalized spacial score (nSPS) is 15.1. The Hall–Kier alpha value is -3.52. The number of nitrogens with one attached hydrogen (secondary N) is 4. The van der Waals surface area contributed by atoms with Crippen molar-refractivity contribution in [3.63, 3.8) is 0 Å². The van der Waals surface area contributed by atoms with E-state index >= 15 is 0 Å². The average Bonchev–Trinajstić information content (AvgIpc) is 3.33. The Bertz CT molecular complexity index is 878. The van der Waals surface area contributed by atoms with E-state index in [4.69, 9.17) is 17.2 Å². The van der Waals surface area contributed by atoms with Crippen LogP contribution in [0, 0.1) is 5.92 Å². The summed E-state index contributed by atoms with van der Waals surface area (Å²) in [4.78, 5) is 68.2. The van der Waals surface area contributed by atoms with Gasteiger partial charge in [0.25, 0.3) is 0 Å². The molecule has 0 aromatic carbocycles. The van der Waals surface area contributed by atoms with Crippen LogP contribution in [0.2, 0.25) is 0 Å². The third-order valence-corrected chi connectivity index (χ3v) is 5.73. The molecular weight excluding hydrogens is 472 g/mol. The van der Waals surface area contributed by atoms with E-state index in [2.05, 4.69) is 25.9 Å². The van der Waals surface area contributed by atoms with Crippen LogP contribution in [0.15, 0.2) is 12.5 Å². The summed E-state index contributed by atoms with van der Waals surface area (Å²) in [6, 6.07) is -4.65. The Morgan fingerprint density at radius 1 is 1.06 bits per heavy atom. The fourth-order valence-electron chi connectivity index (χ4n) is 3.38. The number of nitrogens with zero attached hydrogens (tertiary/aromatic N) is 1. The van der Waals surface area contributed by atoms with Gasteiger partial charge in [-0.15, -0.1) is 0 Å². The van der Waals surface area contributed by atoms with E-state index in [1.807, 2.05) is 0 Å². The van der Waals surface area contributed by atoms with Crippen LogP contribution in [0.3, 0.4) is 0 Å². The molecule has 1 aromatic heterocycles. The predicted octanol–water partition coefficient (Wildman–Crippen LogP) is -2.13. The average molecular weight is 511 g/mol. The maximum atomic E-state index is 13.2. The first-order chi connectivity index (χ1) is 17.0. The molecule has 1 heterocycles. The summed E-state index contributed by atoms with van der Waals surface area (Å²) in [7, 11) is 0. The molecule has 1 rings (SSSR count). The van der Waals surface area contributed by atoms with Crippen molar-refractivity contribution in [2.45, 2.75) is 76.5 Å². The van der Waals surface area contributed by atoms with E-state index in [9.17, 15) is 29.1 Å². The molecule has 0 saturated carbocycles. The topological polar surface area (TPSA) is 248 Å². The zero-order valence-electron chi connectivity index (χ0n) is 20.7. The molecule has 0 bridgehead atoms. The van der Waals surface area contributed by atoms with Crippen LogP contribution < -0.4 is 33.2 Å². The van der Waals surface area contributed by atoms with Gasteiger partial charge in [-0.2, -0.15) is 0 Å². The first-order valence-corrected chi connectivity index (χ1v) is 11.8. The van der Waals surface area contributed by atoms with Crippen LogP contribution in [-0.2, 0) is 30.4 Å². The highest BCUT2D eigenvalue weighted by Crippen LogP contribution is 2.10. The van der Waals surface area contributed by atoms with Crippen molar-refractivity contribution in [1.29, 1.82) is 0 Å². The van der Waals surface area contributed by atoms with Crippen molar-refractivity contribution in [1.82, 2.24) is 25.9 Å². The summed E-state index contributed by atoms with van der Waals surface area (Å²) in [6.07, 6.45) is 4.24. The van der Waals surface area contributed by atoms with Crippen LogP contribution >= 0.6 is 0 Å². The number of H-pyrrole nitrogens is 1. The first kappa shape index (κ1) is 30.5. The number of primary amides is 1. The zero-order valence-corrected chi connectivity index (χ0v) is 20.7. The molecule has 14 heteroatoms. The van der Waals surface area contributed by atoms with E-state index in [0.29, 0.717) is 31.5 Å². The lowest BCUT2D eigenvalue weighted by Gasteiger charge is -2.26. The largest absolute Gasteiger partial charge is 0.480 e. The van der Waals surface area contributed by atoms with Gasteiger partial charge in [0.1, 0.15) is 18.1 Å². The second-order valence-electron chi connectivity index (χ2n) is 8.67. The third-order valence-electron chi connectivity index (χ3n) is 5.73. The standard InChI is InChI=1S/C22H38N8O6/c1-3-12(2)18(22(35)36)30-20(33)15(6-4-5-7-23)28-21(34)16(8-13-10-26-11-27-13)29-19(32)14(24)9-17(25)31/h10-12,14-16,18H,3-9,23-24H2,1-2H3,(H2,25,31)(H,26,27)(H,28,34)(H,29,32)(H,30,33)(H,35,36). The van der Waals surface area contributed by atoms with Gasteiger partial charge in [0.05, 0.1) is 18.8 Å². The minimum Gasteiger partial charge on any atom is -0.480 e. The number of amides is 4. The van der Waals surface area contributed by atoms with Gasteiger partial charge in [0, 0.05) is 18.3 Å². The lowest BCUT2D eigenvalue weighted by molar-refractivity contribution is -0.144. The van der Waals surface area contributed by atoms with Gasteiger partial charge < -0.3 is 43.2 Å². The van der Waals surface area contributed by atoms with Gasteiger partial charge in [0.15, 0.2) is 0 Å². The number of carbonyl (C=O) groups excluding carboxylic acids is 4. The number of aromatic amines is 1. The molecule has 11 N–H and O–H groups in total. The third kappa shape index (κ3) is 10.4. The molecule has 0 aliphatic rings. The predicted molar refractivity (Wildman–Crippen MR) is 130 cm³/mol. The van der Waals surface area contributed by atoms with Crippen molar-refractivity contribution >= 4 is 29.6 Å². The van der Waals surface area contributed by atoms with Crippen LogP contribution in [0.25, 0.3) is 0 Å². The molecule has 0 aliphatic heterocycles. The molecule has 0 aliphatic carbocycles. The lowest BCUT2D eigenvalue weighted by Crippen LogP contribution is -2.58. The Balaban J connectivity index is 3.08. The number of hydrogen-bond acceptors (Lipinski definition) is 8. The molecule has 0 spiro atoms. The molecule has 0 radical (unpaired) electrons. The fraction of sp³-hybridized carbons (Fsp3) is 0.636. The zero-order chi connectivity index (χ0) is 27.3. The number of nitrogens with two attached hydrogens (primary N) is 3. The summed E-state index contributed by atoms with van der Waals surface area (Å²) in [5.41, 5.74) is 16.9. The molecule has 0 saturated heterocycles. The Morgan fingerprint density at radius 3 is 2.22 bits per heavy atom. The molecule has 5 atom stereocenters. The summed E-state index contributed by atoms with van der Waals surface area (Å²) in [5.74, 6) is -4.44. The first-order valence-electron chi connectivity index (χ1n) is 11.8. The lowest BCUT2D eigenvalue weighted by atomic mass is 9.98. The number of carboxylic acids is 1. The highest BCUT2D eigenvalue weighted by Gasteiger charge is 2.32. The molecule has 14 nitrogen and oxygen atoms in total. The molecule has 0 fully saturated rings. The Morgan fingerprint density at radius 2 is 1.69 bits per heavy atom. The minimum absolute atomic E-state index is 0.0113. The molecule has 202 valence electrons. The van der Waals surface area contributed by atoms with Crippen LogP contribution in [0.4, 0.5) is 0 Å². The van der Waals surface area contributed by atoms with E-state index in [-0.39, 0.29) is 18.8 Å². The van der Waals surface area contributed by atoms with Gasteiger partial charge in [-0.1, -0.05) is 20.3 Å². The summed E-state index contributed by atoms with van der Waals surface area (Å²) in [6.45, 7) is 3.88. The highest BCUT2D eigenvalue weighted by atomic mass is 16.4. The number of carboxylic acid groups (broad SMARTS) is 1. The summed E-state index contributed by atoms with van der Waals surface area (Å²) in [5, 5.41) is 17.1. The second kappa shape index (κ2) is 15.5. The van der Waals surface area contributed by atoms with Crippen molar-refractivity contribution < 1.29 is 29.1 Å². The quantitative estimate of drug-likeness (QED) is 0.106. The maximum absolute atomic E-state index is 13.2. The fourth-order valence-corrected chi connectivity index (χ4v) is 3.38. The van der Waals surface area contributed by atoms with Crippen LogP contribution in [-0.4, -0.2) is 75.4 Å². The van der Waals surface area contributed by atoms with Gasteiger partial charge >= 0.3 is 5.97 Å². The minimum atomic E-state index is -1.27. The number of aromatic nitrogens is 2. The number of unbranched alkanes of at least 4 members (excludes halogenated alkanes) is 1. The van der Waals surface area contributed by atoms with E-state index in [0.717, 1.165) is 0 Å². The van der Waals surface area contributed by atoms with Crippen molar-refractivity contribution in [3.8, 4) is 0 Å². The van der Waals surface area contributed by atoms with Crippen molar-refractivity contribution in [3.05, 3.63) is 18.2 Å². The van der Waals surface area contributed by atoms with Crippen LogP contribution in [0.1, 0.15) is 51.6 Å². The van der Waals surface area contributed by atoms with Gasteiger partial charge in [-0.05, 0) is 31.7 Å².